The Bertz CT molecular complexity index is 1220. The van der Waals surface area contributed by atoms with Crippen molar-refractivity contribution in [1.82, 2.24) is 19.9 Å². The Morgan fingerprint density at radius 1 is 0.811 bits per heavy atom. The summed E-state index contributed by atoms with van der Waals surface area (Å²) in [7, 11) is 0. The summed E-state index contributed by atoms with van der Waals surface area (Å²) in [6, 6.07) is 10.6. The number of aromatic nitrogens is 4. The molecule has 0 bridgehead atoms. The number of halogens is 3. The van der Waals surface area contributed by atoms with Gasteiger partial charge >= 0.3 is 6.18 Å². The maximum atomic E-state index is 13.5. The Morgan fingerprint density at radius 2 is 1.46 bits per heavy atom. The lowest BCUT2D eigenvalue weighted by Gasteiger charge is -2.36. The van der Waals surface area contributed by atoms with Gasteiger partial charge in [0.1, 0.15) is 5.82 Å². The van der Waals surface area contributed by atoms with Gasteiger partial charge in [0.2, 0.25) is 11.9 Å². The van der Waals surface area contributed by atoms with Crippen molar-refractivity contribution < 1.29 is 17.9 Å². The summed E-state index contributed by atoms with van der Waals surface area (Å²) >= 11 is 0. The van der Waals surface area contributed by atoms with E-state index >= 15 is 0 Å². The first-order chi connectivity index (χ1) is 17.8. The van der Waals surface area contributed by atoms with Crippen molar-refractivity contribution in [3.05, 3.63) is 53.7 Å². The molecule has 0 spiro atoms. The van der Waals surface area contributed by atoms with Crippen molar-refractivity contribution in [1.29, 1.82) is 0 Å². The molecule has 0 saturated carbocycles. The van der Waals surface area contributed by atoms with Crippen molar-refractivity contribution in [3.8, 4) is 11.4 Å². The number of morpholine rings is 1. The topological polar surface area (TPSA) is 70.5 Å². The van der Waals surface area contributed by atoms with Crippen LogP contribution in [0.5, 0.6) is 0 Å². The molecule has 0 atom stereocenters. The fourth-order valence-corrected chi connectivity index (χ4v) is 4.55. The van der Waals surface area contributed by atoms with Crippen LogP contribution < -0.4 is 14.7 Å². The molecule has 4 heterocycles. The third-order valence-corrected chi connectivity index (χ3v) is 6.67. The van der Waals surface area contributed by atoms with E-state index in [1.807, 2.05) is 17.0 Å². The Kier molecular flexibility index (Phi) is 7.14. The first kappa shape index (κ1) is 25.2. The van der Waals surface area contributed by atoms with E-state index in [2.05, 4.69) is 35.9 Å². The summed E-state index contributed by atoms with van der Waals surface area (Å²) in [5.41, 5.74) is 1.38. The molecule has 0 N–H and O–H groups in total. The van der Waals surface area contributed by atoms with Crippen molar-refractivity contribution in [2.45, 2.75) is 25.9 Å². The van der Waals surface area contributed by atoms with Gasteiger partial charge in [0.05, 0.1) is 18.8 Å². The molecule has 1 aromatic carbocycles. The molecule has 2 aromatic heterocycles. The number of nitrogens with zero attached hydrogens (tertiary/aromatic N) is 7. The molecule has 37 heavy (non-hydrogen) atoms. The SMILES string of the molecule is CC(C)c1cccc(-c2nc(N3CCOCC3)nc(N3CCN(c4ncccc4C(F)(F)F)CC3)n2)c1. The number of alkyl halides is 3. The van der Waals surface area contributed by atoms with E-state index < -0.39 is 11.7 Å². The summed E-state index contributed by atoms with van der Waals surface area (Å²) in [4.78, 5) is 24.2. The van der Waals surface area contributed by atoms with Gasteiger partial charge in [0.25, 0.3) is 0 Å². The van der Waals surface area contributed by atoms with Crippen LogP contribution >= 0.6 is 0 Å². The fraction of sp³-hybridized carbons (Fsp3) is 0.462. The largest absolute Gasteiger partial charge is 0.419 e. The molecule has 2 aliphatic rings. The molecule has 2 aliphatic heterocycles. The quantitative estimate of drug-likeness (QED) is 0.502. The molecule has 196 valence electrons. The van der Waals surface area contributed by atoms with E-state index in [9.17, 15) is 13.2 Å². The summed E-state index contributed by atoms with van der Waals surface area (Å²) < 4.78 is 46.1. The minimum absolute atomic E-state index is 0.0366. The van der Waals surface area contributed by atoms with E-state index in [1.165, 1.54) is 17.8 Å². The van der Waals surface area contributed by atoms with E-state index in [0.717, 1.165) is 11.6 Å². The van der Waals surface area contributed by atoms with Crippen molar-refractivity contribution in [2.24, 2.45) is 0 Å². The van der Waals surface area contributed by atoms with Gasteiger partial charge in [-0.1, -0.05) is 32.0 Å². The molecule has 2 saturated heterocycles. The maximum Gasteiger partial charge on any atom is 0.419 e. The lowest BCUT2D eigenvalue weighted by atomic mass is 10.0. The fourth-order valence-electron chi connectivity index (χ4n) is 4.55. The van der Waals surface area contributed by atoms with E-state index in [1.54, 1.807) is 4.90 Å². The van der Waals surface area contributed by atoms with Crippen LogP contribution in [0.1, 0.15) is 30.9 Å². The number of piperazine rings is 1. The predicted octanol–water partition coefficient (Wildman–Crippen LogP) is 4.24. The highest BCUT2D eigenvalue weighted by molar-refractivity contribution is 5.60. The number of rotatable bonds is 5. The van der Waals surface area contributed by atoms with Gasteiger partial charge in [-0.3, -0.25) is 0 Å². The average molecular weight is 514 g/mol. The number of pyridine rings is 1. The maximum absolute atomic E-state index is 13.5. The molecule has 3 aromatic rings. The first-order valence-corrected chi connectivity index (χ1v) is 12.5. The summed E-state index contributed by atoms with van der Waals surface area (Å²) in [6.45, 7) is 8.52. The number of hydrogen-bond donors (Lipinski definition) is 0. The zero-order valence-corrected chi connectivity index (χ0v) is 20.9. The van der Waals surface area contributed by atoms with E-state index in [0.29, 0.717) is 76.1 Å². The summed E-state index contributed by atoms with van der Waals surface area (Å²) in [6.07, 6.45) is -3.06. The Hall–Kier alpha value is -3.47. The van der Waals surface area contributed by atoms with Gasteiger partial charge < -0.3 is 19.4 Å². The zero-order valence-electron chi connectivity index (χ0n) is 20.9. The molecular weight excluding hydrogens is 483 g/mol. The van der Waals surface area contributed by atoms with Crippen molar-refractivity contribution >= 4 is 17.7 Å². The highest BCUT2D eigenvalue weighted by atomic mass is 19.4. The van der Waals surface area contributed by atoms with Crippen LogP contribution in [-0.2, 0) is 10.9 Å². The molecule has 0 aliphatic carbocycles. The highest BCUT2D eigenvalue weighted by Gasteiger charge is 2.36. The number of benzene rings is 1. The van der Waals surface area contributed by atoms with Gasteiger partial charge in [-0.15, -0.1) is 0 Å². The summed E-state index contributed by atoms with van der Waals surface area (Å²) in [5, 5.41) is 0. The van der Waals surface area contributed by atoms with Gasteiger partial charge in [-0.2, -0.15) is 28.1 Å². The molecule has 0 amide bonds. The number of ether oxygens (including phenoxy) is 1. The standard InChI is InChI=1S/C26H30F3N7O/c1-18(2)19-5-3-6-20(17-19)22-31-24(33-25(32-22)36-13-15-37-16-14-36)35-11-9-34(10-12-35)23-21(26(27,28)29)7-4-8-30-23/h3-8,17-18H,9-16H2,1-2H3. The summed E-state index contributed by atoms with van der Waals surface area (Å²) in [5.74, 6) is 2.02. The van der Waals surface area contributed by atoms with Gasteiger partial charge in [-0.05, 0) is 29.7 Å². The lowest BCUT2D eigenvalue weighted by molar-refractivity contribution is -0.137. The third-order valence-electron chi connectivity index (χ3n) is 6.67. The van der Waals surface area contributed by atoms with Crippen LogP contribution in [0.2, 0.25) is 0 Å². The van der Waals surface area contributed by atoms with Crippen molar-refractivity contribution in [3.63, 3.8) is 0 Å². The van der Waals surface area contributed by atoms with Gasteiger partial charge in [0.15, 0.2) is 5.82 Å². The van der Waals surface area contributed by atoms with Crippen LogP contribution in [-0.4, -0.2) is 72.4 Å². The van der Waals surface area contributed by atoms with Crippen LogP contribution in [0.3, 0.4) is 0 Å². The number of anilines is 3. The molecule has 8 nitrogen and oxygen atoms in total. The minimum atomic E-state index is -4.46. The molecule has 5 rings (SSSR count). The van der Waals surface area contributed by atoms with Gasteiger partial charge in [0, 0.05) is 51.0 Å². The minimum Gasteiger partial charge on any atom is -0.378 e. The van der Waals surface area contributed by atoms with Crippen LogP contribution in [0.4, 0.5) is 30.9 Å². The Labute approximate surface area is 214 Å². The molecule has 0 radical (unpaired) electrons. The van der Waals surface area contributed by atoms with Crippen LogP contribution in [0, 0.1) is 0 Å². The second kappa shape index (κ2) is 10.5. The van der Waals surface area contributed by atoms with Crippen LogP contribution in [0.15, 0.2) is 42.6 Å². The van der Waals surface area contributed by atoms with E-state index in [4.69, 9.17) is 19.7 Å². The third kappa shape index (κ3) is 5.61. The average Bonchev–Trinajstić information content (AvgIpc) is 2.93. The highest BCUT2D eigenvalue weighted by Crippen LogP contribution is 2.35. The lowest BCUT2D eigenvalue weighted by Crippen LogP contribution is -2.48. The molecule has 2 fully saturated rings. The zero-order chi connectivity index (χ0) is 26.0. The van der Waals surface area contributed by atoms with Gasteiger partial charge in [-0.25, -0.2) is 4.98 Å². The van der Waals surface area contributed by atoms with Crippen LogP contribution in [0.25, 0.3) is 11.4 Å². The second-order valence-corrected chi connectivity index (χ2v) is 9.49. The smallest absolute Gasteiger partial charge is 0.378 e. The monoisotopic (exact) mass is 513 g/mol. The Balaban J connectivity index is 1.43. The van der Waals surface area contributed by atoms with E-state index in [-0.39, 0.29) is 5.82 Å². The number of hydrogen-bond acceptors (Lipinski definition) is 8. The Morgan fingerprint density at radius 3 is 2.11 bits per heavy atom. The predicted molar refractivity (Wildman–Crippen MR) is 136 cm³/mol. The molecule has 0 unspecified atom stereocenters. The first-order valence-electron chi connectivity index (χ1n) is 12.5. The molecule has 11 heteroatoms. The molecular formula is C26H30F3N7O. The normalized spacial score (nSPS) is 17.0. The van der Waals surface area contributed by atoms with Crippen molar-refractivity contribution in [2.75, 3.05) is 67.2 Å². The second-order valence-electron chi connectivity index (χ2n) is 9.49.